The van der Waals surface area contributed by atoms with Gasteiger partial charge in [0.2, 0.25) is 0 Å². The number of aromatic nitrogens is 4. The molecule has 27 heavy (non-hydrogen) atoms. The molecule has 1 aromatic heterocycles. The van der Waals surface area contributed by atoms with Crippen molar-refractivity contribution in [3.05, 3.63) is 71.5 Å². The van der Waals surface area contributed by atoms with Crippen LogP contribution in [0.25, 0.3) is 0 Å². The molecule has 1 heterocycles. The first kappa shape index (κ1) is 18.6. The zero-order chi connectivity index (χ0) is 19.2. The van der Waals surface area contributed by atoms with Crippen molar-refractivity contribution in [1.29, 1.82) is 0 Å². The van der Waals surface area contributed by atoms with Crippen molar-refractivity contribution in [2.75, 3.05) is 7.05 Å². The van der Waals surface area contributed by atoms with Gasteiger partial charge in [-0.1, -0.05) is 30.3 Å². The maximum atomic E-state index is 12.6. The van der Waals surface area contributed by atoms with Gasteiger partial charge in [0.05, 0.1) is 6.04 Å². The summed E-state index contributed by atoms with van der Waals surface area (Å²) in [7, 11) is 1.80. The Hall–Kier alpha value is -3.22. The predicted molar refractivity (Wildman–Crippen MR) is 101 cm³/mol. The van der Waals surface area contributed by atoms with Crippen LogP contribution in [0.3, 0.4) is 0 Å². The molecule has 2 aromatic carbocycles. The van der Waals surface area contributed by atoms with E-state index in [1.807, 2.05) is 44.2 Å². The van der Waals surface area contributed by atoms with Gasteiger partial charge in [-0.2, -0.15) is 0 Å². The van der Waals surface area contributed by atoms with E-state index in [1.165, 1.54) is 0 Å². The molecule has 0 fully saturated rings. The summed E-state index contributed by atoms with van der Waals surface area (Å²) in [4.78, 5) is 14.3. The van der Waals surface area contributed by atoms with E-state index in [0.717, 1.165) is 5.56 Å². The number of rotatable bonds is 7. The van der Waals surface area contributed by atoms with Crippen LogP contribution in [0.2, 0.25) is 0 Å². The lowest BCUT2D eigenvalue weighted by Gasteiger charge is -2.17. The summed E-state index contributed by atoms with van der Waals surface area (Å²) in [6.45, 7) is 4.85. The first-order valence-corrected chi connectivity index (χ1v) is 8.83. The summed E-state index contributed by atoms with van der Waals surface area (Å²) in [6, 6.07) is 17.2. The van der Waals surface area contributed by atoms with E-state index in [1.54, 1.807) is 40.9 Å². The number of tetrazole rings is 1. The summed E-state index contributed by atoms with van der Waals surface area (Å²) in [5, 5.41) is 11.6. The van der Waals surface area contributed by atoms with Gasteiger partial charge in [-0.3, -0.25) is 4.79 Å². The molecular weight excluding hydrogens is 342 g/mol. The van der Waals surface area contributed by atoms with E-state index in [2.05, 4.69) is 15.5 Å². The first-order chi connectivity index (χ1) is 13.0. The minimum absolute atomic E-state index is 0.0332. The second kappa shape index (κ2) is 8.44. The second-order valence-electron chi connectivity index (χ2n) is 6.59. The van der Waals surface area contributed by atoms with Gasteiger partial charge in [-0.05, 0) is 54.1 Å². The summed E-state index contributed by atoms with van der Waals surface area (Å²) in [6.07, 6.45) is 0. The third-order valence-electron chi connectivity index (χ3n) is 4.13. The molecule has 0 spiro atoms. The molecule has 0 saturated carbocycles. The Labute approximate surface area is 158 Å². The third kappa shape index (κ3) is 4.69. The number of carbonyl (C=O) groups excluding carboxylic acids is 1. The highest BCUT2D eigenvalue weighted by Crippen LogP contribution is 2.16. The maximum absolute atomic E-state index is 12.6. The Morgan fingerprint density at radius 3 is 2.48 bits per heavy atom. The van der Waals surface area contributed by atoms with Crippen molar-refractivity contribution in [2.24, 2.45) is 0 Å². The van der Waals surface area contributed by atoms with Crippen LogP contribution in [0.15, 0.2) is 54.6 Å². The fourth-order valence-electron chi connectivity index (χ4n) is 2.70. The minimum Gasteiger partial charge on any atom is -0.486 e. The Morgan fingerprint density at radius 1 is 1.11 bits per heavy atom. The molecule has 7 nitrogen and oxygen atoms in total. The largest absolute Gasteiger partial charge is 0.486 e. The van der Waals surface area contributed by atoms with Crippen LogP contribution in [0.5, 0.6) is 5.75 Å². The molecule has 0 unspecified atom stereocenters. The molecule has 1 amide bonds. The number of amides is 1. The lowest BCUT2D eigenvalue weighted by molar-refractivity contribution is 0.0785. The zero-order valence-corrected chi connectivity index (χ0v) is 15.7. The van der Waals surface area contributed by atoms with Crippen molar-refractivity contribution < 1.29 is 9.53 Å². The van der Waals surface area contributed by atoms with Crippen molar-refractivity contribution in [3.63, 3.8) is 0 Å². The molecule has 0 atom stereocenters. The average Bonchev–Trinajstić information content (AvgIpc) is 3.16. The Balaban J connectivity index is 1.59. The summed E-state index contributed by atoms with van der Waals surface area (Å²) in [5.74, 6) is 1.29. The maximum Gasteiger partial charge on any atom is 0.253 e. The van der Waals surface area contributed by atoms with Gasteiger partial charge in [-0.25, -0.2) is 4.68 Å². The molecule has 3 rings (SSSR count). The zero-order valence-electron chi connectivity index (χ0n) is 15.7. The quantitative estimate of drug-likeness (QED) is 0.643. The highest BCUT2D eigenvalue weighted by molar-refractivity contribution is 5.94. The second-order valence-corrected chi connectivity index (χ2v) is 6.59. The molecule has 3 aromatic rings. The number of hydrogen-bond donors (Lipinski definition) is 0. The number of carbonyl (C=O) groups is 1. The predicted octanol–water partition coefficient (Wildman–Crippen LogP) is 3.11. The van der Waals surface area contributed by atoms with Crippen molar-refractivity contribution in [1.82, 2.24) is 25.1 Å². The summed E-state index contributed by atoms with van der Waals surface area (Å²) in [5.41, 5.74) is 1.71. The number of nitrogens with zero attached hydrogens (tertiary/aromatic N) is 5. The van der Waals surface area contributed by atoms with Crippen LogP contribution < -0.4 is 4.74 Å². The average molecular weight is 365 g/mol. The summed E-state index contributed by atoms with van der Waals surface area (Å²) >= 11 is 0. The number of hydrogen-bond acceptors (Lipinski definition) is 5. The Bertz CT molecular complexity index is 875. The van der Waals surface area contributed by atoms with Gasteiger partial charge in [0.1, 0.15) is 12.4 Å². The lowest BCUT2D eigenvalue weighted by Crippen LogP contribution is -2.26. The van der Waals surface area contributed by atoms with Gasteiger partial charge in [0, 0.05) is 19.2 Å². The van der Waals surface area contributed by atoms with E-state index in [9.17, 15) is 4.79 Å². The fraction of sp³-hybridized carbons (Fsp3) is 0.300. The fourth-order valence-corrected chi connectivity index (χ4v) is 2.70. The van der Waals surface area contributed by atoms with Crippen molar-refractivity contribution in [2.45, 2.75) is 33.0 Å². The smallest absolute Gasteiger partial charge is 0.253 e. The van der Waals surface area contributed by atoms with E-state index >= 15 is 0 Å². The SMILES string of the molecule is CC(C)n1nnnc1COc1ccc(C(=O)N(C)Cc2ccccc2)cc1. The van der Waals surface area contributed by atoms with E-state index in [4.69, 9.17) is 4.74 Å². The Kier molecular flexibility index (Phi) is 5.80. The molecule has 0 saturated heterocycles. The molecule has 0 N–H and O–H groups in total. The molecular formula is C20H23N5O2. The van der Waals surface area contributed by atoms with E-state index in [0.29, 0.717) is 23.7 Å². The molecule has 0 radical (unpaired) electrons. The van der Waals surface area contributed by atoms with Crippen LogP contribution >= 0.6 is 0 Å². The molecule has 140 valence electrons. The highest BCUT2D eigenvalue weighted by atomic mass is 16.5. The molecule has 7 heteroatoms. The van der Waals surface area contributed by atoms with Gasteiger partial charge in [-0.15, -0.1) is 5.10 Å². The van der Waals surface area contributed by atoms with Crippen LogP contribution in [0.1, 0.15) is 41.6 Å². The monoisotopic (exact) mass is 365 g/mol. The highest BCUT2D eigenvalue weighted by Gasteiger charge is 2.13. The number of benzene rings is 2. The molecule has 0 aliphatic heterocycles. The first-order valence-electron chi connectivity index (χ1n) is 8.83. The van der Waals surface area contributed by atoms with Crippen LogP contribution in [0, 0.1) is 0 Å². The standard InChI is InChI=1S/C20H23N5O2/c1-15(2)25-19(21-22-23-25)14-27-18-11-9-17(10-12-18)20(26)24(3)13-16-7-5-4-6-8-16/h4-12,15H,13-14H2,1-3H3. The van der Waals surface area contributed by atoms with Gasteiger partial charge in [0.25, 0.3) is 5.91 Å². The number of ether oxygens (including phenoxy) is 1. The van der Waals surface area contributed by atoms with Crippen molar-refractivity contribution in [3.8, 4) is 5.75 Å². The van der Waals surface area contributed by atoms with Crippen LogP contribution in [0.4, 0.5) is 0 Å². The van der Waals surface area contributed by atoms with E-state index < -0.39 is 0 Å². The molecule has 0 bridgehead atoms. The topological polar surface area (TPSA) is 73.1 Å². The molecule has 0 aliphatic carbocycles. The third-order valence-corrected chi connectivity index (χ3v) is 4.13. The lowest BCUT2D eigenvalue weighted by atomic mass is 10.1. The van der Waals surface area contributed by atoms with Crippen LogP contribution in [-0.2, 0) is 13.2 Å². The molecule has 0 aliphatic rings. The Morgan fingerprint density at radius 2 is 1.81 bits per heavy atom. The van der Waals surface area contributed by atoms with Crippen molar-refractivity contribution >= 4 is 5.91 Å². The van der Waals surface area contributed by atoms with Crippen LogP contribution in [-0.4, -0.2) is 38.1 Å². The van der Waals surface area contributed by atoms with Gasteiger partial charge in [0.15, 0.2) is 5.82 Å². The van der Waals surface area contributed by atoms with Gasteiger partial charge >= 0.3 is 0 Å². The van der Waals surface area contributed by atoms with E-state index in [-0.39, 0.29) is 18.6 Å². The normalized spacial score (nSPS) is 10.8. The summed E-state index contributed by atoms with van der Waals surface area (Å²) < 4.78 is 7.46. The van der Waals surface area contributed by atoms with Gasteiger partial charge < -0.3 is 9.64 Å². The minimum atomic E-state index is -0.0332.